The zero-order valence-corrected chi connectivity index (χ0v) is 18.7. The van der Waals surface area contributed by atoms with Gasteiger partial charge in [-0.15, -0.1) is 11.3 Å². The van der Waals surface area contributed by atoms with Crippen molar-refractivity contribution in [2.45, 2.75) is 27.7 Å². The van der Waals surface area contributed by atoms with E-state index < -0.39 is 5.97 Å². The van der Waals surface area contributed by atoms with Gasteiger partial charge in [0.15, 0.2) is 0 Å². The first-order valence-corrected chi connectivity index (χ1v) is 10.9. The third-order valence-electron chi connectivity index (χ3n) is 5.03. The number of imidazole rings is 1. The molecule has 158 valence electrons. The molecule has 4 aromatic rings. The molecule has 0 saturated carbocycles. The maximum Gasteiger partial charge on any atom is 0.341 e. The number of rotatable bonds is 5. The number of aryl methyl sites for hydroxylation is 3. The number of carbonyl (C=O) groups is 2. The summed E-state index contributed by atoms with van der Waals surface area (Å²) in [5.41, 5.74) is 5.96. The van der Waals surface area contributed by atoms with E-state index >= 15 is 0 Å². The lowest BCUT2D eigenvalue weighted by Crippen LogP contribution is -2.17. The lowest BCUT2D eigenvalue weighted by atomic mass is 10.0. The molecule has 1 amide bonds. The fourth-order valence-corrected chi connectivity index (χ4v) is 4.45. The number of esters is 1. The lowest BCUT2D eigenvalue weighted by Gasteiger charge is -2.09. The van der Waals surface area contributed by atoms with Crippen LogP contribution in [0.1, 0.15) is 44.6 Å². The van der Waals surface area contributed by atoms with Crippen molar-refractivity contribution >= 4 is 33.9 Å². The van der Waals surface area contributed by atoms with Gasteiger partial charge in [0.05, 0.1) is 12.3 Å². The number of amides is 1. The summed E-state index contributed by atoms with van der Waals surface area (Å²) in [6.07, 6.45) is 1.83. The zero-order valence-electron chi connectivity index (χ0n) is 17.9. The molecular weight excluding hydrogens is 410 g/mol. The predicted molar refractivity (Wildman–Crippen MR) is 123 cm³/mol. The topological polar surface area (TPSA) is 72.7 Å². The van der Waals surface area contributed by atoms with Crippen LogP contribution in [0.3, 0.4) is 0 Å². The Kier molecular flexibility index (Phi) is 5.61. The zero-order chi connectivity index (χ0) is 22.1. The van der Waals surface area contributed by atoms with E-state index in [1.807, 2.05) is 61.8 Å². The van der Waals surface area contributed by atoms with Gasteiger partial charge in [0.25, 0.3) is 5.91 Å². The van der Waals surface area contributed by atoms with E-state index in [4.69, 9.17) is 4.74 Å². The minimum atomic E-state index is -0.458. The minimum absolute atomic E-state index is 0.251. The molecule has 0 aliphatic rings. The molecule has 0 unspecified atom stereocenters. The molecule has 0 fully saturated rings. The summed E-state index contributed by atoms with van der Waals surface area (Å²) in [6, 6.07) is 11.8. The van der Waals surface area contributed by atoms with Gasteiger partial charge < -0.3 is 10.1 Å². The van der Waals surface area contributed by atoms with Gasteiger partial charge in [0.1, 0.15) is 21.9 Å². The summed E-state index contributed by atoms with van der Waals surface area (Å²) < 4.78 is 7.05. The summed E-state index contributed by atoms with van der Waals surface area (Å²) >= 11 is 1.31. The van der Waals surface area contributed by atoms with E-state index in [1.165, 1.54) is 11.3 Å². The second-order valence-electron chi connectivity index (χ2n) is 7.37. The molecule has 0 atom stereocenters. The SMILES string of the molecule is CCOC(=O)c1c(-c2ccc(C)cc2)csc1NC(=O)c1c(C)nc2cc(C)ccn12. The number of hydrogen-bond acceptors (Lipinski definition) is 5. The molecule has 1 aromatic carbocycles. The molecule has 0 radical (unpaired) electrons. The van der Waals surface area contributed by atoms with Gasteiger partial charge in [-0.3, -0.25) is 9.20 Å². The molecule has 0 aliphatic heterocycles. The van der Waals surface area contributed by atoms with Crippen LogP contribution in [0.15, 0.2) is 48.0 Å². The van der Waals surface area contributed by atoms with Crippen molar-refractivity contribution in [2.24, 2.45) is 0 Å². The average Bonchev–Trinajstić information content (AvgIpc) is 3.28. The van der Waals surface area contributed by atoms with Crippen LogP contribution in [0.2, 0.25) is 0 Å². The van der Waals surface area contributed by atoms with Crippen molar-refractivity contribution in [3.05, 3.63) is 76.1 Å². The van der Waals surface area contributed by atoms with Crippen molar-refractivity contribution < 1.29 is 14.3 Å². The Morgan fingerprint density at radius 3 is 2.55 bits per heavy atom. The first-order valence-electron chi connectivity index (χ1n) is 10.0. The first-order chi connectivity index (χ1) is 14.9. The van der Waals surface area contributed by atoms with Crippen LogP contribution in [0.25, 0.3) is 16.8 Å². The summed E-state index contributed by atoms with van der Waals surface area (Å²) in [4.78, 5) is 30.5. The largest absolute Gasteiger partial charge is 0.462 e. The molecule has 0 spiro atoms. The number of carbonyl (C=O) groups excluding carboxylic acids is 2. The molecule has 7 heteroatoms. The van der Waals surface area contributed by atoms with Crippen LogP contribution in [0.4, 0.5) is 5.00 Å². The van der Waals surface area contributed by atoms with E-state index in [-0.39, 0.29) is 12.5 Å². The Hall–Kier alpha value is -3.45. The number of ether oxygens (including phenoxy) is 1. The van der Waals surface area contributed by atoms with Gasteiger partial charge >= 0.3 is 5.97 Å². The third kappa shape index (κ3) is 3.96. The van der Waals surface area contributed by atoms with Crippen molar-refractivity contribution in [3.8, 4) is 11.1 Å². The van der Waals surface area contributed by atoms with Crippen LogP contribution >= 0.6 is 11.3 Å². The number of hydrogen-bond donors (Lipinski definition) is 1. The van der Waals surface area contributed by atoms with Crippen LogP contribution < -0.4 is 5.32 Å². The molecule has 4 rings (SSSR count). The molecule has 1 N–H and O–H groups in total. The summed E-state index contributed by atoms with van der Waals surface area (Å²) in [5, 5.41) is 5.25. The maximum atomic E-state index is 13.2. The number of thiophene rings is 1. The van der Waals surface area contributed by atoms with Gasteiger partial charge in [-0.05, 0) is 51.0 Å². The maximum absolute atomic E-state index is 13.2. The average molecular weight is 434 g/mol. The number of nitrogens with zero attached hydrogens (tertiary/aromatic N) is 2. The van der Waals surface area contributed by atoms with Crippen molar-refractivity contribution in [2.75, 3.05) is 11.9 Å². The van der Waals surface area contributed by atoms with Gasteiger partial charge in [-0.2, -0.15) is 0 Å². The van der Waals surface area contributed by atoms with Crippen LogP contribution in [-0.4, -0.2) is 27.9 Å². The number of benzene rings is 1. The fourth-order valence-electron chi connectivity index (χ4n) is 3.50. The molecule has 0 saturated heterocycles. The van der Waals surface area contributed by atoms with Gasteiger partial charge in [0.2, 0.25) is 0 Å². The minimum Gasteiger partial charge on any atom is -0.462 e. The number of fused-ring (bicyclic) bond motifs is 1. The molecule has 3 heterocycles. The molecule has 0 bridgehead atoms. The molecule has 31 heavy (non-hydrogen) atoms. The van der Waals surface area contributed by atoms with Gasteiger partial charge in [0, 0.05) is 17.1 Å². The second kappa shape index (κ2) is 8.35. The van der Waals surface area contributed by atoms with Crippen LogP contribution in [0.5, 0.6) is 0 Å². The van der Waals surface area contributed by atoms with Crippen molar-refractivity contribution in [1.82, 2.24) is 9.38 Å². The van der Waals surface area contributed by atoms with Crippen molar-refractivity contribution in [1.29, 1.82) is 0 Å². The highest BCUT2D eigenvalue weighted by atomic mass is 32.1. The first kappa shape index (κ1) is 20.8. The van der Waals surface area contributed by atoms with E-state index in [2.05, 4.69) is 10.3 Å². The second-order valence-corrected chi connectivity index (χ2v) is 8.25. The highest BCUT2D eigenvalue weighted by Crippen LogP contribution is 2.36. The number of aromatic nitrogens is 2. The molecular formula is C24H23N3O3S. The third-order valence-corrected chi connectivity index (χ3v) is 5.93. The van der Waals surface area contributed by atoms with E-state index in [1.54, 1.807) is 18.2 Å². The van der Waals surface area contributed by atoms with Crippen LogP contribution in [-0.2, 0) is 4.74 Å². The van der Waals surface area contributed by atoms with E-state index in [0.717, 1.165) is 22.3 Å². The molecule has 3 aromatic heterocycles. The Morgan fingerprint density at radius 1 is 1.10 bits per heavy atom. The standard InChI is InChI=1S/C24H23N3O3S/c1-5-30-24(29)20-18(17-8-6-14(2)7-9-17)13-31-23(20)26-22(28)21-16(4)25-19-12-15(3)10-11-27(19)21/h6-13H,5H2,1-4H3,(H,26,28). The highest BCUT2D eigenvalue weighted by molar-refractivity contribution is 7.15. The summed E-state index contributed by atoms with van der Waals surface area (Å²) in [7, 11) is 0. The van der Waals surface area contributed by atoms with Gasteiger partial charge in [-0.1, -0.05) is 29.8 Å². The molecule has 6 nitrogen and oxygen atoms in total. The number of pyridine rings is 1. The number of nitrogens with one attached hydrogen (secondary N) is 1. The summed E-state index contributed by atoms with van der Waals surface area (Å²) in [6.45, 7) is 7.80. The fraction of sp³-hybridized carbons (Fsp3) is 0.208. The quantitative estimate of drug-likeness (QED) is 0.427. The van der Waals surface area contributed by atoms with Gasteiger partial charge in [-0.25, -0.2) is 9.78 Å². The Morgan fingerprint density at radius 2 is 1.84 bits per heavy atom. The monoisotopic (exact) mass is 433 g/mol. The van der Waals surface area contributed by atoms with Crippen molar-refractivity contribution in [3.63, 3.8) is 0 Å². The highest BCUT2D eigenvalue weighted by Gasteiger charge is 2.25. The van der Waals surface area contributed by atoms with Crippen LogP contribution in [0, 0.1) is 20.8 Å². The lowest BCUT2D eigenvalue weighted by molar-refractivity contribution is 0.0529. The Balaban J connectivity index is 1.75. The Labute approximate surface area is 184 Å². The predicted octanol–water partition coefficient (Wildman–Crippen LogP) is 5.42. The number of anilines is 1. The Bertz CT molecular complexity index is 1290. The molecule has 0 aliphatic carbocycles. The normalized spacial score (nSPS) is 11.0. The van der Waals surface area contributed by atoms with E-state index in [0.29, 0.717) is 27.6 Å². The smallest absolute Gasteiger partial charge is 0.341 e. The van der Waals surface area contributed by atoms with E-state index in [9.17, 15) is 9.59 Å². The summed E-state index contributed by atoms with van der Waals surface area (Å²) in [5.74, 6) is -0.781.